The Balaban J connectivity index is 2.54. The van der Waals surface area contributed by atoms with Gasteiger partial charge in [-0.15, -0.1) is 0 Å². The van der Waals surface area contributed by atoms with Crippen LogP contribution in [-0.4, -0.2) is 6.79 Å². The van der Waals surface area contributed by atoms with Gasteiger partial charge in [0.2, 0.25) is 6.79 Å². The maximum absolute atomic E-state index is 12.9. The molecule has 0 spiro atoms. The second-order valence-electron chi connectivity index (χ2n) is 2.54. The molecule has 0 amide bonds. The van der Waals surface area contributed by atoms with E-state index < -0.39 is 4.83 Å². The minimum atomic E-state index is -3.08. The molecule has 1 aliphatic rings. The van der Waals surface area contributed by atoms with Crippen LogP contribution in [0.3, 0.4) is 0 Å². The van der Waals surface area contributed by atoms with E-state index in [2.05, 4.69) is 15.9 Å². The van der Waals surface area contributed by atoms with E-state index in [1.807, 2.05) is 0 Å². The van der Waals surface area contributed by atoms with Gasteiger partial charge in [0.25, 0.3) is 0 Å². The Kier molecular flexibility index (Phi) is 1.91. The quantitative estimate of drug-likeness (QED) is 0.714. The molecule has 0 unspecified atom stereocenters. The molecule has 5 heteroatoms. The van der Waals surface area contributed by atoms with Gasteiger partial charge < -0.3 is 9.47 Å². The third-order valence-electron chi connectivity index (χ3n) is 1.70. The van der Waals surface area contributed by atoms with E-state index in [1.54, 1.807) is 6.07 Å². The molecule has 1 aromatic carbocycles. The SMILES string of the molecule is FC(F)(Br)c1cccc2c1OCO2. The lowest BCUT2D eigenvalue weighted by Gasteiger charge is -2.10. The van der Waals surface area contributed by atoms with Crippen LogP contribution in [-0.2, 0) is 4.83 Å². The Morgan fingerprint density at radius 1 is 1.31 bits per heavy atom. The van der Waals surface area contributed by atoms with Crippen molar-refractivity contribution in [3.8, 4) is 11.5 Å². The maximum atomic E-state index is 12.9. The summed E-state index contributed by atoms with van der Waals surface area (Å²) >= 11 is 2.27. The first-order chi connectivity index (χ1) is 6.09. The molecule has 70 valence electrons. The Morgan fingerprint density at radius 3 is 2.77 bits per heavy atom. The largest absolute Gasteiger partial charge is 0.454 e. The normalized spacial score (nSPS) is 14.7. The molecule has 1 aliphatic heterocycles. The third kappa shape index (κ3) is 1.48. The number of hydrogen-bond donors (Lipinski definition) is 0. The van der Waals surface area contributed by atoms with E-state index in [9.17, 15) is 8.78 Å². The van der Waals surface area contributed by atoms with Gasteiger partial charge in [-0.2, -0.15) is 8.78 Å². The molecular weight excluding hydrogens is 246 g/mol. The predicted molar refractivity (Wildman–Crippen MR) is 45.4 cm³/mol. The standard InChI is InChI=1S/C8H5BrF2O2/c9-8(10,11)5-2-1-3-6-7(5)13-4-12-6/h1-3H,4H2. The molecular formula is C8H5BrF2O2. The zero-order valence-corrected chi connectivity index (χ0v) is 7.98. The van der Waals surface area contributed by atoms with Crippen molar-refractivity contribution in [2.24, 2.45) is 0 Å². The van der Waals surface area contributed by atoms with Crippen LogP contribution in [0.2, 0.25) is 0 Å². The maximum Gasteiger partial charge on any atom is 0.330 e. The monoisotopic (exact) mass is 250 g/mol. The number of hydrogen-bond acceptors (Lipinski definition) is 2. The number of alkyl halides is 3. The Hall–Kier alpha value is -0.840. The smallest absolute Gasteiger partial charge is 0.330 e. The van der Waals surface area contributed by atoms with E-state index in [1.165, 1.54) is 12.1 Å². The van der Waals surface area contributed by atoms with Crippen molar-refractivity contribution in [2.45, 2.75) is 4.83 Å². The lowest BCUT2D eigenvalue weighted by Crippen LogP contribution is -2.04. The third-order valence-corrected chi connectivity index (χ3v) is 2.13. The first-order valence-electron chi connectivity index (χ1n) is 3.55. The number of rotatable bonds is 1. The number of halogens is 3. The molecule has 2 rings (SSSR count). The molecule has 0 saturated carbocycles. The fraction of sp³-hybridized carbons (Fsp3) is 0.250. The molecule has 0 bridgehead atoms. The number of fused-ring (bicyclic) bond motifs is 1. The number of benzene rings is 1. The van der Waals surface area contributed by atoms with E-state index in [4.69, 9.17) is 9.47 Å². The molecule has 0 radical (unpaired) electrons. The minimum absolute atomic E-state index is 0.00454. The Morgan fingerprint density at radius 2 is 2.08 bits per heavy atom. The lowest BCUT2D eigenvalue weighted by molar-refractivity contribution is 0.108. The van der Waals surface area contributed by atoms with Crippen LogP contribution < -0.4 is 9.47 Å². The van der Waals surface area contributed by atoms with E-state index in [0.717, 1.165) is 0 Å². The zero-order chi connectivity index (χ0) is 9.47. The summed E-state index contributed by atoms with van der Waals surface area (Å²) in [6, 6.07) is 4.38. The van der Waals surface area contributed by atoms with Gasteiger partial charge in [0.05, 0.1) is 5.56 Å². The summed E-state index contributed by atoms with van der Waals surface area (Å²) in [6.45, 7) is -0.00454. The first kappa shape index (κ1) is 8.74. The van der Waals surface area contributed by atoms with Gasteiger partial charge in [-0.05, 0) is 28.1 Å². The van der Waals surface area contributed by atoms with Crippen LogP contribution in [0.15, 0.2) is 18.2 Å². The van der Waals surface area contributed by atoms with Crippen molar-refractivity contribution in [3.63, 3.8) is 0 Å². The van der Waals surface area contributed by atoms with E-state index in [0.29, 0.717) is 5.75 Å². The summed E-state index contributed by atoms with van der Waals surface area (Å²) in [5.74, 6) is 0.473. The highest BCUT2D eigenvalue weighted by atomic mass is 79.9. The highest BCUT2D eigenvalue weighted by molar-refractivity contribution is 9.09. The van der Waals surface area contributed by atoms with Crippen molar-refractivity contribution < 1.29 is 18.3 Å². The molecule has 13 heavy (non-hydrogen) atoms. The van der Waals surface area contributed by atoms with Gasteiger partial charge in [-0.1, -0.05) is 6.07 Å². The molecule has 0 atom stereocenters. The van der Waals surface area contributed by atoms with Gasteiger partial charge >= 0.3 is 4.83 Å². The molecule has 0 aliphatic carbocycles. The topological polar surface area (TPSA) is 18.5 Å². The van der Waals surface area contributed by atoms with Crippen molar-refractivity contribution >= 4 is 15.9 Å². The summed E-state index contributed by atoms with van der Waals surface area (Å²) in [7, 11) is 0. The van der Waals surface area contributed by atoms with Crippen molar-refractivity contribution in [1.29, 1.82) is 0 Å². The fourth-order valence-electron chi connectivity index (χ4n) is 1.15. The predicted octanol–water partition coefficient (Wildman–Crippen LogP) is 2.86. The second kappa shape index (κ2) is 2.83. The van der Waals surface area contributed by atoms with Gasteiger partial charge in [-0.3, -0.25) is 0 Å². The highest BCUT2D eigenvalue weighted by Crippen LogP contribution is 2.45. The molecule has 0 fully saturated rings. The highest BCUT2D eigenvalue weighted by Gasteiger charge is 2.34. The van der Waals surface area contributed by atoms with Crippen LogP contribution in [0.5, 0.6) is 11.5 Å². The fourth-order valence-corrected chi connectivity index (χ4v) is 1.47. The van der Waals surface area contributed by atoms with Gasteiger partial charge in [-0.25, -0.2) is 0 Å². The van der Waals surface area contributed by atoms with Crippen molar-refractivity contribution in [2.75, 3.05) is 6.79 Å². The van der Waals surface area contributed by atoms with Crippen LogP contribution in [0, 0.1) is 0 Å². The van der Waals surface area contributed by atoms with Gasteiger partial charge in [0, 0.05) is 0 Å². The van der Waals surface area contributed by atoms with Crippen LogP contribution in [0.4, 0.5) is 8.78 Å². The van der Waals surface area contributed by atoms with Crippen molar-refractivity contribution in [3.05, 3.63) is 23.8 Å². The molecule has 1 heterocycles. The minimum Gasteiger partial charge on any atom is -0.454 e. The lowest BCUT2D eigenvalue weighted by atomic mass is 10.2. The van der Waals surface area contributed by atoms with Crippen LogP contribution in [0.1, 0.15) is 5.56 Å². The molecule has 1 aromatic rings. The van der Waals surface area contributed by atoms with E-state index in [-0.39, 0.29) is 18.1 Å². The molecule has 2 nitrogen and oxygen atoms in total. The summed E-state index contributed by atoms with van der Waals surface area (Å²) in [5, 5.41) is 0. The number of para-hydroxylation sites is 1. The van der Waals surface area contributed by atoms with E-state index >= 15 is 0 Å². The molecule has 0 saturated heterocycles. The summed E-state index contributed by atoms with van der Waals surface area (Å²) < 4.78 is 35.7. The van der Waals surface area contributed by atoms with Crippen LogP contribution in [0.25, 0.3) is 0 Å². The summed E-state index contributed by atoms with van der Waals surface area (Å²) in [4.78, 5) is -3.08. The Labute approximate surface area is 81.6 Å². The Bertz CT molecular complexity index is 335. The number of ether oxygens (including phenoxy) is 2. The first-order valence-corrected chi connectivity index (χ1v) is 4.34. The summed E-state index contributed by atoms with van der Waals surface area (Å²) in [6.07, 6.45) is 0. The van der Waals surface area contributed by atoms with Crippen molar-refractivity contribution in [1.82, 2.24) is 0 Å². The average molecular weight is 251 g/mol. The second-order valence-corrected chi connectivity index (χ2v) is 3.53. The van der Waals surface area contributed by atoms with Crippen LogP contribution >= 0.6 is 15.9 Å². The summed E-state index contributed by atoms with van der Waals surface area (Å²) in [5.41, 5.74) is -0.206. The molecule has 0 N–H and O–H groups in total. The molecule has 0 aromatic heterocycles. The zero-order valence-electron chi connectivity index (χ0n) is 6.39. The van der Waals surface area contributed by atoms with Gasteiger partial charge in [0.1, 0.15) is 0 Å². The van der Waals surface area contributed by atoms with Gasteiger partial charge in [0.15, 0.2) is 11.5 Å². The average Bonchev–Trinajstić information content (AvgIpc) is 2.48.